The quantitative estimate of drug-likeness (QED) is 0.0921. The van der Waals surface area contributed by atoms with Gasteiger partial charge in [0.15, 0.2) is 5.16 Å². The Bertz CT molecular complexity index is 1760. The summed E-state index contributed by atoms with van der Waals surface area (Å²) in [6, 6.07) is 15.8. The Kier molecular flexibility index (Phi) is 8.40. The predicted molar refractivity (Wildman–Crippen MR) is 161 cm³/mol. The average molecular weight is 622 g/mol. The van der Waals surface area contributed by atoms with E-state index in [9.17, 15) is 28.5 Å². The molecule has 7 nitrogen and oxygen atoms in total. The standard InChI is InChI=1S/C31H26F3N5O2S2/c1-30(2,3)20-10-11-21-22(16-35)28(42-26(21)14-20)36-17-18-9-12-25(24(13-18)39(40)41)43-29-37-23(19-7-5-4-6-8-19)15-27(38-29)31(32,33)34/h4-9,12-13,15,17,20H,10-11,14H2,1-3H3/t20-/m0/s1. The van der Waals surface area contributed by atoms with E-state index < -0.39 is 16.8 Å². The minimum Gasteiger partial charge on any atom is -0.258 e. The highest BCUT2D eigenvalue weighted by molar-refractivity contribution is 7.99. The molecule has 0 unspecified atom stereocenters. The van der Waals surface area contributed by atoms with Gasteiger partial charge in [0.2, 0.25) is 0 Å². The van der Waals surface area contributed by atoms with Crippen molar-refractivity contribution < 1.29 is 18.1 Å². The molecule has 2 aromatic heterocycles. The third kappa shape index (κ3) is 6.78. The fourth-order valence-corrected chi connectivity index (χ4v) is 7.05. The normalized spacial score (nSPS) is 15.3. The lowest BCUT2D eigenvalue weighted by atomic mass is 9.72. The van der Waals surface area contributed by atoms with Gasteiger partial charge in [-0.25, -0.2) is 15.0 Å². The lowest BCUT2D eigenvalue weighted by Gasteiger charge is -2.33. The number of alkyl halides is 3. The van der Waals surface area contributed by atoms with Crippen LogP contribution >= 0.6 is 23.1 Å². The van der Waals surface area contributed by atoms with Crippen LogP contribution in [-0.4, -0.2) is 21.1 Å². The lowest BCUT2D eigenvalue weighted by molar-refractivity contribution is -0.387. The molecule has 43 heavy (non-hydrogen) atoms. The molecule has 1 aliphatic rings. The summed E-state index contributed by atoms with van der Waals surface area (Å²) in [4.78, 5) is 25.0. The maximum Gasteiger partial charge on any atom is 0.433 e. The maximum atomic E-state index is 13.6. The van der Waals surface area contributed by atoms with E-state index in [0.29, 0.717) is 39.4 Å². The molecule has 220 valence electrons. The van der Waals surface area contributed by atoms with Crippen molar-refractivity contribution in [3.63, 3.8) is 0 Å². The van der Waals surface area contributed by atoms with E-state index in [1.807, 2.05) is 0 Å². The summed E-state index contributed by atoms with van der Waals surface area (Å²) in [5, 5.41) is 22.1. The van der Waals surface area contributed by atoms with Gasteiger partial charge in [-0.15, -0.1) is 11.3 Å². The van der Waals surface area contributed by atoms with Crippen LogP contribution in [-0.2, 0) is 19.0 Å². The van der Waals surface area contributed by atoms with Crippen molar-refractivity contribution >= 4 is 40.0 Å². The molecule has 2 heterocycles. The molecule has 0 saturated carbocycles. The third-order valence-corrected chi connectivity index (χ3v) is 9.45. The Morgan fingerprint density at radius 1 is 1.14 bits per heavy atom. The molecule has 1 aliphatic carbocycles. The van der Waals surface area contributed by atoms with E-state index in [-0.39, 0.29) is 26.8 Å². The van der Waals surface area contributed by atoms with Crippen LogP contribution in [0.4, 0.5) is 23.9 Å². The first-order chi connectivity index (χ1) is 20.3. The molecule has 0 radical (unpaired) electrons. The number of rotatable bonds is 6. The molecule has 5 rings (SSSR count). The van der Waals surface area contributed by atoms with Crippen molar-refractivity contribution in [1.82, 2.24) is 9.97 Å². The first-order valence-corrected chi connectivity index (χ1v) is 15.0. The van der Waals surface area contributed by atoms with Gasteiger partial charge in [0.05, 0.1) is 21.1 Å². The average Bonchev–Trinajstić information content (AvgIpc) is 3.32. The first kappa shape index (κ1) is 30.4. The van der Waals surface area contributed by atoms with Gasteiger partial charge < -0.3 is 0 Å². The number of halogens is 3. The Morgan fingerprint density at radius 3 is 2.53 bits per heavy atom. The number of nitro benzene ring substituents is 1. The van der Waals surface area contributed by atoms with E-state index >= 15 is 0 Å². The van der Waals surface area contributed by atoms with Gasteiger partial charge in [-0.2, -0.15) is 18.4 Å². The first-order valence-electron chi connectivity index (χ1n) is 13.4. The molecule has 1 atom stereocenters. The summed E-state index contributed by atoms with van der Waals surface area (Å²) in [5.74, 6) is 0.499. The molecule has 0 N–H and O–H groups in total. The maximum absolute atomic E-state index is 13.6. The molecule has 0 aliphatic heterocycles. The number of nitriles is 1. The van der Waals surface area contributed by atoms with Crippen LogP contribution in [0.1, 0.15) is 54.5 Å². The second-order valence-corrected chi connectivity index (χ2v) is 13.3. The van der Waals surface area contributed by atoms with Crippen molar-refractivity contribution in [1.29, 1.82) is 5.26 Å². The van der Waals surface area contributed by atoms with E-state index in [4.69, 9.17) is 0 Å². The smallest absolute Gasteiger partial charge is 0.258 e. The highest BCUT2D eigenvalue weighted by atomic mass is 32.2. The number of benzene rings is 2. The van der Waals surface area contributed by atoms with Gasteiger partial charge in [0.1, 0.15) is 16.8 Å². The topological polar surface area (TPSA) is 105 Å². The zero-order valence-electron chi connectivity index (χ0n) is 23.5. The highest BCUT2D eigenvalue weighted by Gasteiger charge is 2.34. The lowest BCUT2D eigenvalue weighted by Crippen LogP contribution is -2.26. The van der Waals surface area contributed by atoms with Crippen LogP contribution in [0.3, 0.4) is 0 Å². The van der Waals surface area contributed by atoms with Gasteiger partial charge in [-0.05, 0) is 65.6 Å². The second kappa shape index (κ2) is 11.9. The third-order valence-electron chi connectivity index (χ3n) is 7.36. The summed E-state index contributed by atoms with van der Waals surface area (Å²) < 4.78 is 40.9. The number of aliphatic imine (C=N–C) groups is 1. The molecule has 0 spiro atoms. The van der Waals surface area contributed by atoms with Gasteiger partial charge in [-0.3, -0.25) is 10.1 Å². The van der Waals surface area contributed by atoms with E-state index in [0.717, 1.165) is 35.8 Å². The molecule has 0 bridgehead atoms. The van der Waals surface area contributed by atoms with Gasteiger partial charge >= 0.3 is 6.18 Å². The monoisotopic (exact) mass is 621 g/mol. The van der Waals surface area contributed by atoms with Crippen LogP contribution in [0.5, 0.6) is 0 Å². The van der Waals surface area contributed by atoms with Crippen molar-refractivity contribution in [3.8, 4) is 17.3 Å². The van der Waals surface area contributed by atoms with Crippen LogP contribution in [0, 0.1) is 32.8 Å². The number of hydrogen-bond donors (Lipinski definition) is 0. The van der Waals surface area contributed by atoms with Gasteiger partial charge in [0, 0.05) is 22.7 Å². The second-order valence-electron chi connectivity index (χ2n) is 11.2. The fraction of sp³-hybridized carbons (Fsp3) is 0.290. The Hall–Kier alpha value is -4.08. The fourth-order valence-electron chi connectivity index (χ4n) is 4.96. The summed E-state index contributed by atoms with van der Waals surface area (Å²) >= 11 is 2.16. The SMILES string of the molecule is CC(C)(C)[C@H]1CCc2c(sc(N=Cc3ccc(Sc4nc(-c5ccccc5)cc(C(F)(F)F)n4)c([N+](=O)[O-])c3)c2C#N)C1. The van der Waals surface area contributed by atoms with E-state index in [1.165, 1.54) is 29.7 Å². The van der Waals surface area contributed by atoms with Crippen LogP contribution in [0.2, 0.25) is 0 Å². The number of hydrogen-bond acceptors (Lipinski definition) is 8. The van der Waals surface area contributed by atoms with Crippen molar-refractivity contribution in [3.05, 3.63) is 92.0 Å². The van der Waals surface area contributed by atoms with Crippen molar-refractivity contribution in [2.24, 2.45) is 16.3 Å². The number of nitrogens with zero attached hydrogens (tertiary/aromatic N) is 5. The summed E-state index contributed by atoms with van der Waals surface area (Å²) in [5.41, 5.74) is 1.19. The minimum absolute atomic E-state index is 0.0533. The van der Waals surface area contributed by atoms with Crippen molar-refractivity contribution in [2.75, 3.05) is 0 Å². The van der Waals surface area contributed by atoms with Crippen molar-refractivity contribution in [2.45, 2.75) is 56.3 Å². The van der Waals surface area contributed by atoms with Crippen LogP contribution < -0.4 is 0 Å². The molecular weight excluding hydrogens is 596 g/mol. The predicted octanol–water partition coefficient (Wildman–Crippen LogP) is 9.06. The van der Waals surface area contributed by atoms with E-state index in [1.54, 1.807) is 36.4 Å². The number of aromatic nitrogens is 2. The molecule has 0 saturated heterocycles. The highest BCUT2D eigenvalue weighted by Crippen LogP contribution is 2.45. The Labute approximate surface area is 254 Å². The molecule has 2 aromatic carbocycles. The van der Waals surface area contributed by atoms with Crippen LogP contribution in [0.15, 0.2) is 69.6 Å². The molecule has 0 amide bonds. The Balaban J connectivity index is 1.45. The molecule has 0 fully saturated rings. The zero-order chi connectivity index (χ0) is 30.9. The van der Waals surface area contributed by atoms with Gasteiger partial charge in [0.25, 0.3) is 5.69 Å². The largest absolute Gasteiger partial charge is 0.433 e. The summed E-state index contributed by atoms with van der Waals surface area (Å²) in [6.07, 6.45) is -0.569. The minimum atomic E-state index is -4.73. The number of fused-ring (bicyclic) bond motifs is 1. The molecule has 4 aromatic rings. The number of thiophene rings is 1. The van der Waals surface area contributed by atoms with E-state index in [2.05, 4.69) is 41.8 Å². The zero-order valence-corrected chi connectivity index (χ0v) is 25.1. The molecular formula is C31H26F3N5O2S2. The Morgan fingerprint density at radius 2 is 1.88 bits per heavy atom. The summed E-state index contributed by atoms with van der Waals surface area (Å²) in [7, 11) is 0. The van der Waals surface area contributed by atoms with Gasteiger partial charge in [-0.1, -0.05) is 57.2 Å². The number of nitro groups is 1. The summed E-state index contributed by atoms with van der Waals surface area (Å²) in [6.45, 7) is 6.66. The van der Waals surface area contributed by atoms with Crippen LogP contribution in [0.25, 0.3) is 11.3 Å². The molecule has 12 heteroatoms.